The molecule has 20 heavy (non-hydrogen) atoms. The summed E-state index contributed by atoms with van der Waals surface area (Å²) in [6, 6.07) is 12.1. The molecule has 1 N–H and O–H groups in total. The number of halogens is 1. The molecule has 1 aromatic carbocycles. The Bertz CT molecular complexity index is 555. The standard InChI is InChI=1S/C16H19BrN2O/c1-11(2)20-13-8-6-12(7-9-13)15(18-3)16-14(17)5-4-10-19-16/h4-11,15,18H,1-3H3. The first-order valence-corrected chi connectivity index (χ1v) is 7.45. The Morgan fingerprint density at radius 1 is 1.15 bits per heavy atom. The zero-order valence-corrected chi connectivity index (χ0v) is 13.5. The van der Waals surface area contributed by atoms with Gasteiger partial charge >= 0.3 is 0 Å². The summed E-state index contributed by atoms with van der Waals surface area (Å²) >= 11 is 3.56. The van der Waals surface area contributed by atoms with Crippen LogP contribution in [0.15, 0.2) is 47.1 Å². The molecule has 3 nitrogen and oxygen atoms in total. The maximum atomic E-state index is 5.67. The summed E-state index contributed by atoms with van der Waals surface area (Å²) in [5.74, 6) is 0.888. The van der Waals surface area contributed by atoms with Crippen LogP contribution in [0.5, 0.6) is 5.75 Å². The monoisotopic (exact) mass is 334 g/mol. The summed E-state index contributed by atoms with van der Waals surface area (Å²) in [6.45, 7) is 4.05. The van der Waals surface area contributed by atoms with Gasteiger partial charge in [-0.3, -0.25) is 4.98 Å². The van der Waals surface area contributed by atoms with Crippen LogP contribution in [0.4, 0.5) is 0 Å². The third kappa shape index (κ3) is 3.58. The lowest BCUT2D eigenvalue weighted by molar-refractivity contribution is 0.242. The van der Waals surface area contributed by atoms with Crippen molar-refractivity contribution in [2.24, 2.45) is 0 Å². The van der Waals surface area contributed by atoms with Gasteiger partial charge < -0.3 is 10.1 Å². The number of hydrogen-bond donors (Lipinski definition) is 1. The van der Waals surface area contributed by atoms with Gasteiger partial charge in [-0.15, -0.1) is 0 Å². The van der Waals surface area contributed by atoms with Crippen molar-refractivity contribution in [2.75, 3.05) is 7.05 Å². The van der Waals surface area contributed by atoms with Crippen LogP contribution < -0.4 is 10.1 Å². The van der Waals surface area contributed by atoms with E-state index in [1.165, 1.54) is 0 Å². The van der Waals surface area contributed by atoms with Gasteiger partial charge in [0.2, 0.25) is 0 Å². The van der Waals surface area contributed by atoms with Crippen molar-refractivity contribution in [3.63, 3.8) is 0 Å². The van der Waals surface area contributed by atoms with Gasteiger partial charge in [-0.05, 0) is 66.7 Å². The molecule has 0 amide bonds. The largest absolute Gasteiger partial charge is 0.491 e. The minimum Gasteiger partial charge on any atom is -0.491 e. The molecule has 1 aromatic heterocycles. The molecule has 2 rings (SSSR count). The van der Waals surface area contributed by atoms with E-state index >= 15 is 0 Å². The Labute approximate surface area is 128 Å². The molecular weight excluding hydrogens is 316 g/mol. The van der Waals surface area contributed by atoms with Gasteiger partial charge in [-0.25, -0.2) is 0 Å². The molecule has 0 spiro atoms. The molecule has 0 aliphatic rings. The number of benzene rings is 1. The van der Waals surface area contributed by atoms with Crippen LogP contribution in [0.3, 0.4) is 0 Å². The van der Waals surface area contributed by atoms with E-state index in [0.717, 1.165) is 21.5 Å². The number of hydrogen-bond acceptors (Lipinski definition) is 3. The van der Waals surface area contributed by atoms with Gasteiger partial charge in [-0.2, -0.15) is 0 Å². The molecule has 0 saturated carbocycles. The van der Waals surface area contributed by atoms with Crippen molar-refractivity contribution in [3.05, 3.63) is 58.3 Å². The third-order valence-corrected chi connectivity index (χ3v) is 3.60. The molecule has 106 valence electrons. The minimum absolute atomic E-state index is 0.0543. The van der Waals surface area contributed by atoms with E-state index in [9.17, 15) is 0 Å². The molecular formula is C16H19BrN2O. The fourth-order valence-corrected chi connectivity index (χ4v) is 2.57. The molecule has 0 bridgehead atoms. The fourth-order valence-electron chi connectivity index (χ4n) is 2.08. The smallest absolute Gasteiger partial charge is 0.119 e. The fraction of sp³-hybridized carbons (Fsp3) is 0.312. The van der Waals surface area contributed by atoms with E-state index in [1.54, 1.807) is 6.20 Å². The molecule has 0 aliphatic carbocycles. The normalized spacial score (nSPS) is 12.4. The molecule has 1 atom stereocenters. The van der Waals surface area contributed by atoms with Crippen LogP contribution in [-0.2, 0) is 0 Å². The van der Waals surface area contributed by atoms with Gasteiger partial charge in [0.05, 0.1) is 17.8 Å². The molecule has 0 aliphatic heterocycles. The van der Waals surface area contributed by atoms with Crippen LogP contribution in [0, 0.1) is 0 Å². The van der Waals surface area contributed by atoms with Crippen LogP contribution in [0.25, 0.3) is 0 Å². The Morgan fingerprint density at radius 3 is 2.40 bits per heavy atom. The second-order valence-corrected chi connectivity index (χ2v) is 5.68. The molecule has 0 radical (unpaired) electrons. The van der Waals surface area contributed by atoms with Gasteiger partial charge in [0.1, 0.15) is 5.75 Å². The van der Waals surface area contributed by atoms with Crippen molar-refractivity contribution in [2.45, 2.75) is 26.0 Å². The zero-order valence-electron chi connectivity index (χ0n) is 11.9. The van der Waals surface area contributed by atoms with Gasteiger partial charge in [0, 0.05) is 10.7 Å². The lowest BCUT2D eigenvalue weighted by Gasteiger charge is -2.18. The Morgan fingerprint density at radius 2 is 1.85 bits per heavy atom. The highest BCUT2D eigenvalue weighted by molar-refractivity contribution is 9.10. The average molecular weight is 335 g/mol. The van der Waals surface area contributed by atoms with Gasteiger partial charge in [0.25, 0.3) is 0 Å². The maximum absolute atomic E-state index is 5.67. The number of rotatable bonds is 5. The number of nitrogens with one attached hydrogen (secondary N) is 1. The average Bonchev–Trinajstić information content (AvgIpc) is 2.43. The topological polar surface area (TPSA) is 34.1 Å². The first-order valence-electron chi connectivity index (χ1n) is 6.66. The van der Waals surface area contributed by atoms with Crippen molar-refractivity contribution in [1.82, 2.24) is 10.3 Å². The molecule has 1 unspecified atom stereocenters. The summed E-state index contributed by atoms with van der Waals surface area (Å²) in [4.78, 5) is 4.46. The molecule has 4 heteroatoms. The lowest BCUT2D eigenvalue weighted by Crippen LogP contribution is -2.19. The third-order valence-electron chi connectivity index (χ3n) is 2.93. The highest BCUT2D eigenvalue weighted by Gasteiger charge is 2.16. The first-order chi connectivity index (χ1) is 9.61. The summed E-state index contributed by atoms with van der Waals surface area (Å²) in [5, 5.41) is 3.30. The maximum Gasteiger partial charge on any atom is 0.119 e. The van der Waals surface area contributed by atoms with Gasteiger partial charge in [0.15, 0.2) is 0 Å². The summed E-state index contributed by atoms with van der Waals surface area (Å²) in [5.41, 5.74) is 2.13. The highest BCUT2D eigenvalue weighted by Crippen LogP contribution is 2.27. The van der Waals surface area contributed by atoms with E-state index in [1.807, 2.05) is 45.2 Å². The molecule has 2 aromatic rings. The van der Waals surface area contributed by atoms with E-state index in [4.69, 9.17) is 4.74 Å². The van der Waals surface area contributed by atoms with Gasteiger partial charge in [-0.1, -0.05) is 12.1 Å². The predicted octanol–water partition coefficient (Wildman–Crippen LogP) is 3.94. The van der Waals surface area contributed by atoms with Crippen molar-refractivity contribution in [3.8, 4) is 5.75 Å². The zero-order chi connectivity index (χ0) is 14.5. The van der Waals surface area contributed by atoms with Crippen LogP contribution >= 0.6 is 15.9 Å². The number of aromatic nitrogens is 1. The first kappa shape index (κ1) is 15.0. The number of nitrogens with zero attached hydrogens (tertiary/aromatic N) is 1. The van der Waals surface area contributed by atoms with Crippen molar-refractivity contribution in [1.29, 1.82) is 0 Å². The number of pyridine rings is 1. The van der Waals surface area contributed by atoms with E-state index in [0.29, 0.717) is 0 Å². The summed E-state index contributed by atoms with van der Waals surface area (Å²) in [7, 11) is 1.93. The quantitative estimate of drug-likeness (QED) is 0.899. The lowest BCUT2D eigenvalue weighted by atomic mass is 10.0. The van der Waals surface area contributed by atoms with Crippen LogP contribution in [0.1, 0.15) is 31.1 Å². The minimum atomic E-state index is 0.0543. The molecule has 0 saturated heterocycles. The van der Waals surface area contributed by atoms with Crippen LogP contribution in [-0.4, -0.2) is 18.1 Å². The molecule has 1 heterocycles. The van der Waals surface area contributed by atoms with Crippen molar-refractivity contribution < 1.29 is 4.74 Å². The predicted molar refractivity (Wildman–Crippen MR) is 85.0 cm³/mol. The summed E-state index contributed by atoms with van der Waals surface area (Å²) < 4.78 is 6.67. The second kappa shape index (κ2) is 6.86. The SMILES string of the molecule is CNC(c1ccc(OC(C)C)cc1)c1ncccc1Br. The van der Waals surface area contributed by atoms with E-state index in [2.05, 4.69) is 38.4 Å². The summed E-state index contributed by atoms with van der Waals surface area (Å²) in [6.07, 6.45) is 1.99. The molecule has 0 fully saturated rings. The number of ether oxygens (including phenoxy) is 1. The van der Waals surface area contributed by atoms with Crippen molar-refractivity contribution >= 4 is 15.9 Å². The Balaban J connectivity index is 2.26. The van der Waals surface area contributed by atoms with E-state index in [-0.39, 0.29) is 12.1 Å². The Kier molecular flexibility index (Phi) is 5.15. The Hall–Kier alpha value is -1.39. The highest BCUT2D eigenvalue weighted by atomic mass is 79.9. The second-order valence-electron chi connectivity index (χ2n) is 4.83. The van der Waals surface area contributed by atoms with Crippen LogP contribution in [0.2, 0.25) is 0 Å². The van der Waals surface area contributed by atoms with E-state index < -0.39 is 0 Å².